The fraction of sp³-hybridized carbons (Fsp3) is 0.667. The number of likely N-dealkylation sites (N-methyl/N-ethyl adjacent to an activating group) is 1. The number of aryl methyl sites for hydroxylation is 2. The van der Waals surface area contributed by atoms with Gasteiger partial charge in [0.05, 0.1) is 13.2 Å². The second-order valence-corrected chi connectivity index (χ2v) is 6.76. The lowest BCUT2D eigenvalue weighted by molar-refractivity contribution is -0.0545. The molecule has 0 saturated carbocycles. The van der Waals surface area contributed by atoms with Gasteiger partial charge < -0.3 is 10.1 Å². The monoisotopic (exact) mass is 290 g/mol. The highest BCUT2D eigenvalue weighted by Crippen LogP contribution is 2.24. The van der Waals surface area contributed by atoms with Crippen LogP contribution >= 0.6 is 0 Å². The number of ether oxygens (including phenoxy) is 1. The molecule has 1 fully saturated rings. The summed E-state index contributed by atoms with van der Waals surface area (Å²) in [4.78, 5) is 2.55. The van der Waals surface area contributed by atoms with Crippen molar-refractivity contribution in [3.63, 3.8) is 0 Å². The zero-order valence-corrected chi connectivity index (χ0v) is 14.2. The summed E-state index contributed by atoms with van der Waals surface area (Å²) < 4.78 is 5.64. The summed E-state index contributed by atoms with van der Waals surface area (Å²) in [7, 11) is 0. The SMILES string of the molecule is CCNC(CN1CCOCC1(C)C)c1ccc(C)c(C)c1. The lowest BCUT2D eigenvalue weighted by Crippen LogP contribution is -2.55. The van der Waals surface area contributed by atoms with Crippen molar-refractivity contribution in [2.24, 2.45) is 0 Å². The lowest BCUT2D eigenvalue weighted by Gasteiger charge is -2.43. The van der Waals surface area contributed by atoms with Gasteiger partial charge in [-0.3, -0.25) is 4.90 Å². The van der Waals surface area contributed by atoms with Crippen LogP contribution in [0.3, 0.4) is 0 Å². The average Bonchev–Trinajstić information content (AvgIpc) is 2.43. The van der Waals surface area contributed by atoms with Gasteiger partial charge in [-0.25, -0.2) is 0 Å². The van der Waals surface area contributed by atoms with Crippen molar-refractivity contribution < 1.29 is 4.74 Å². The Labute approximate surface area is 129 Å². The van der Waals surface area contributed by atoms with Gasteiger partial charge in [0, 0.05) is 24.7 Å². The molecule has 3 nitrogen and oxygen atoms in total. The van der Waals surface area contributed by atoms with Crippen LogP contribution in [0.15, 0.2) is 18.2 Å². The van der Waals surface area contributed by atoms with Crippen molar-refractivity contribution in [1.82, 2.24) is 10.2 Å². The molecule has 3 heteroatoms. The maximum atomic E-state index is 5.64. The van der Waals surface area contributed by atoms with E-state index in [-0.39, 0.29) is 5.54 Å². The molecule has 1 unspecified atom stereocenters. The van der Waals surface area contributed by atoms with Gasteiger partial charge in [-0.15, -0.1) is 0 Å². The van der Waals surface area contributed by atoms with Crippen LogP contribution < -0.4 is 5.32 Å². The van der Waals surface area contributed by atoms with Crippen LogP contribution in [0.5, 0.6) is 0 Å². The van der Waals surface area contributed by atoms with Gasteiger partial charge >= 0.3 is 0 Å². The summed E-state index contributed by atoms with van der Waals surface area (Å²) >= 11 is 0. The van der Waals surface area contributed by atoms with E-state index in [1.165, 1.54) is 16.7 Å². The van der Waals surface area contributed by atoms with Gasteiger partial charge in [0.25, 0.3) is 0 Å². The van der Waals surface area contributed by atoms with E-state index >= 15 is 0 Å². The minimum Gasteiger partial charge on any atom is -0.378 e. The van der Waals surface area contributed by atoms with Crippen LogP contribution in [0.2, 0.25) is 0 Å². The molecular formula is C18H30N2O. The summed E-state index contributed by atoms with van der Waals surface area (Å²) in [6, 6.07) is 7.21. The van der Waals surface area contributed by atoms with Crippen LogP contribution in [-0.2, 0) is 4.74 Å². The third kappa shape index (κ3) is 4.06. The molecule has 1 N–H and O–H groups in total. The van der Waals surface area contributed by atoms with Gasteiger partial charge in [0.1, 0.15) is 0 Å². The lowest BCUT2D eigenvalue weighted by atomic mass is 9.97. The highest BCUT2D eigenvalue weighted by atomic mass is 16.5. The van der Waals surface area contributed by atoms with Gasteiger partial charge in [-0.1, -0.05) is 25.1 Å². The standard InChI is InChI=1S/C18H30N2O/c1-6-19-17(16-8-7-14(2)15(3)11-16)12-20-9-10-21-13-18(20,4)5/h7-8,11,17,19H,6,9-10,12-13H2,1-5H3. The predicted molar refractivity (Wildman–Crippen MR) is 88.8 cm³/mol. The summed E-state index contributed by atoms with van der Waals surface area (Å²) in [5.74, 6) is 0. The van der Waals surface area contributed by atoms with Crippen molar-refractivity contribution in [3.8, 4) is 0 Å². The van der Waals surface area contributed by atoms with Gasteiger partial charge in [0.2, 0.25) is 0 Å². The molecule has 1 aliphatic heterocycles. The molecule has 0 amide bonds. The molecule has 0 radical (unpaired) electrons. The van der Waals surface area contributed by atoms with Crippen molar-refractivity contribution in [1.29, 1.82) is 0 Å². The number of morpholine rings is 1. The summed E-state index contributed by atoms with van der Waals surface area (Å²) in [6.07, 6.45) is 0. The molecule has 0 aliphatic carbocycles. The van der Waals surface area contributed by atoms with Crippen molar-refractivity contribution in [3.05, 3.63) is 34.9 Å². The molecule has 2 rings (SSSR count). The Bertz CT molecular complexity index is 470. The zero-order chi connectivity index (χ0) is 15.5. The molecule has 0 spiro atoms. The summed E-state index contributed by atoms with van der Waals surface area (Å²) in [6.45, 7) is 15.8. The Morgan fingerprint density at radius 1 is 1.29 bits per heavy atom. The van der Waals surface area contributed by atoms with Gasteiger partial charge in [0.15, 0.2) is 0 Å². The molecule has 1 aliphatic rings. The van der Waals surface area contributed by atoms with E-state index in [9.17, 15) is 0 Å². The quantitative estimate of drug-likeness (QED) is 0.902. The second-order valence-electron chi connectivity index (χ2n) is 6.76. The van der Waals surface area contributed by atoms with E-state index in [4.69, 9.17) is 4.74 Å². The zero-order valence-electron chi connectivity index (χ0n) is 14.2. The number of rotatable bonds is 5. The average molecular weight is 290 g/mol. The molecular weight excluding hydrogens is 260 g/mol. The van der Waals surface area contributed by atoms with Crippen molar-refractivity contribution in [2.45, 2.75) is 46.2 Å². The summed E-state index contributed by atoms with van der Waals surface area (Å²) in [5.41, 5.74) is 4.24. The number of nitrogens with zero attached hydrogens (tertiary/aromatic N) is 1. The van der Waals surface area contributed by atoms with Crippen LogP contribution in [-0.4, -0.2) is 43.3 Å². The fourth-order valence-corrected chi connectivity index (χ4v) is 2.97. The molecule has 1 saturated heterocycles. The molecule has 118 valence electrons. The second kappa shape index (κ2) is 6.91. The van der Waals surface area contributed by atoms with E-state index < -0.39 is 0 Å². The van der Waals surface area contributed by atoms with E-state index in [1.54, 1.807) is 0 Å². The highest BCUT2D eigenvalue weighted by Gasteiger charge is 2.32. The Kier molecular flexibility index (Phi) is 5.42. The third-order valence-electron chi connectivity index (χ3n) is 4.60. The van der Waals surface area contributed by atoms with Crippen LogP contribution in [0.25, 0.3) is 0 Å². The first-order valence-corrected chi connectivity index (χ1v) is 8.07. The summed E-state index contributed by atoms with van der Waals surface area (Å²) in [5, 5.41) is 3.65. The van der Waals surface area contributed by atoms with E-state index in [1.807, 2.05) is 0 Å². The number of hydrogen-bond acceptors (Lipinski definition) is 3. The maximum Gasteiger partial charge on any atom is 0.0645 e. The Morgan fingerprint density at radius 2 is 2.05 bits per heavy atom. The topological polar surface area (TPSA) is 24.5 Å². The van der Waals surface area contributed by atoms with Crippen molar-refractivity contribution >= 4 is 0 Å². The van der Waals surface area contributed by atoms with Gasteiger partial charge in [-0.2, -0.15) is 0 Å². The molecule has 1 aromatic carbocycles. The Balaban J connectivity index is 2.16. The molecule has 1 atom stereocenters. The largest absolute Gasteiger partial charge is 0.378 e. The molecule has 0 bridgehead atoms. The van der Waals surface area contributed by atoms with E-state index in [0.29, 0.717) is 6.04 Å². The molecule has 0 aromatic heterocycles. The van der Waals surface area contributed by atoms with E-state index in [0.717, 1.165) is 32.8 Å². The number of benzene rings is 1. The van der Waals surface area contributed by atoms with Crippen molar-refractivity contribution in [2.75, 3.05) is 32.8 Å². The smallest absolute Gasteiger partial charge is 0.0645 e. The molecule has 1 aromatic rings. The molecule has 21 heavy (non-hydrogen) atoms. The highest BCUT2D eigenvalue weighted by molar-refractivity contribution is 5.32. The van der Waals surface area contributed by atoms with Crippen LogP contribution in [0, 0.1) is 13.8 Å². The maximum absolute atomic E-state index is 5.64. The molecule has 1 heterocycles. The first-order chi connectivity index (χ1) is 9.94. The first kappa shape index (κ1) is 16.5. The minimum absolute atomic E-state index is 0.117. The Morgan fingerprint density at radius 3 is 2.67 bits per heavy atom. The van der Waals surface area contributed by atoms with E-state index in [2.05, 4.69) is 63.0 Å². The van der Waals surface area contributed by atoms with Crippen LogP contribution in [0.1, 0.15) is 43.5 Å². The number of nitrogens with one attached hydrogen (secondary N) is 1. The fourth-order valence-electron chi connectivity index (χ4n) is 2.97. The number of hydrogen-bond donors (Lipinski definition) is 1. The first-order valence-electron chi connectivity index (χ1n) is 8.07. The minimum atomic E-state index is 0.117. The third-order valence-corrected chi connectivity index (χ3v) is 4.60. The Hall–Kier alpha value is -0.900. The van der Waals surface area contributed by atoms with Crippen LogP contribution in [0.4, 0.5) is 0 Å². The van der Waals surface area contributed by atoms with Gasteiger partial charge in [-0.05, 0) is 50.9 Å². The predicted octanol–water partition coefficient (Wildman–Crippen LogP) is 3.06. The normalized spacial score (nSPS) is 20.4.